The molecule has 0 atom stereocenters. The summed E-state index contributed by atoms with van der Waals surface area (Å²) in [7, 11) is 0. The molecule has 0 saturated heterocycles. The van der Waals surface area contributed by atoms with Crippen LogP contribution in [-0.4, -0.2) is 25.2 Å². The van der Waals surface area contributed by atoms with Gasteiger partial charge in [0, 0.05) is 12.6 Å². The molecule has 0 spiro atoms. The number of nitrogens with one attached hydrogen (secondary N) is 2. The lowest BCUT2D eigenvalue weighted by Gasteiger charge is -2.08. The summed E-state index contributed by atoms with van der Waals surface area (Å²) in [4.78, 5) is 22.3. The second-order valence-electron chi connectivity index (χ2n) is 3.56. The van der Waals surface area contributed by atoms with Gasteiger partial charge in [-0.15, -0.1) is 0 Å². The fourth-order valence-electron chi connectivity index (χ4n) is 1.27. The van der Waals surface area contributed by atoms with Gasteiger partial charge in [0.25, 0.3) is 0 Å². The van der Waals surface area contributed by atoms with Gasteiger partial charge in [-0.05, 0) is 19.1 Å². The Morgan fingerprint density at radius 2 is 2.05 bits per heavy atom. The minimum absolute atomic E-state index is 0.0210. The Bertz CT molecular complexity index is 466. The Morgan fingerprint density at radius 3 is 2.68 bits per heavy atom. The number of carbonyl (C=O) groups excluding carboxylic acids is 2. The van der Waals surface area contributed by atoms with Crippen molar-refractivity contribution in [3.05, 3.63) is 29.8 Å². The third kappa shape index (κ3) is 5.33. The van der Waals surface area contributed by atoms with E-state index in [-0.39, 0.29) is 25.3 Å². The molecule has 0 unspecified atom stereocenters. The van der Waals surface area contributed by atoms with Crippen LogP contribution in [0.15, 0.2) is 18.2 Å². The third-order valence-electron chi connectivity index (χ3n) is 2.10. The summed E-state index contributed by atoms with van der Waals surface area (Å²) >= 11 is 0. The fourth-order valence-corrected chi connectivity index (χ4v) is 1.27. The molecule has 0 fully saturated rings. The zero-order valence-corrected chi connectivity index (χ0v) is 10.3. The Labute approximate surface area is 108 Å². The standard InChI is InChI=1S/C12H14F2N2O3/c1-2-19-11(17)5-6-15-12(18)16-10-4-3-8(13)7-9(10)14/h3-4,7H,2,5-6H2,1H3,(H2,15,16,18). The lowest BCUT2D eigenvalue weighted by atomic mass is 10.3. The number of esters is 1. The number of hydrogen-bond acceptors (Lipinski definition) is 3. The normalized spacial score (nSPS) is 9.84. The largest absolute Gasteiger partial charge is 0.466 e. The van der Waals surface area contributed by atoms with E-state index in [4.69, 9.17) is 0 Å². The number of amides is 2. The summed E-state index contributed by atoms with van der Waals surface area (Å²) in [5.41, 5.74) is -0.143. The second kappa shape index (κ2) is 7.30. The predicted molar refractivity (Wildman–Crippen MR) is 64.6 cm³/mol. The summed E-state index contributed by atoms with van der Waals surface area (Å²) in [5, 5.41) is 4.55. The molecule has 1 rings (SSSR count). The van der Waals surface area contributed by atoms with Gasteiger partial charge >= 0.3 is 12.0 Å². The summed E-state index contributed by atoms with van der Waals surface area (Å²) in [6.45, 7) is 2.01. The highest BCUT2D eigenvalue weighted by Gasteiger charge is 2.08. The summed E-state index contributed by atoms with van der Waals surface area (Å²) in [5.74, 6) is -2.04. The van der Waals surface area contributed by atoms with Gasteiger partial charge in [0.2, 0.25) is 0 Å². The van der Waals surface area contributed by atoms with E-state index in [9.17, 15) is 18.4 Å². The van der Waals surface area contributed by atoms with Crippen molar-refractivity contribution in [2.24, 2.45) is 0 Å². The molecule has 7 heteroatoms. The van der Waals surface area contributed by atoms with Gasteiger partial charge in [-0.25, -0.2) is 13.6 Å². The molecular formula is C12H14F2N2O3. The summed E-state index contributed by atoms with van der Waals surface area (Å²) < 4.78 is 30.5. The number of hydrogen-bond donors (Lipinski definition) is 2. The molecule has 2 amide bonds. The van der Waals surface area contributed by atoms with Gasteiger partial charge < -0.3 is 15.4 Å². The molecule has 1 aromatic rings. The lowest BCUT2D eigenvalue weighted by molar-refractivity contribution is -0.142. The second-order valence-corrected chi connectivity index (χ2v) is 3.56. The van der Waals surface area contributed by atoms with Crippen molar-refractivity contribution in [2.45, 2.75) is 13.3 Å². The van der Waals surface area contributed by atoms with Crippen LogP contribution in [-0.2, 0) is 9.53 Å². The Morgan fingerprint density at radius 1 is 1.32 bits per heavy atom. The average molecular weight is 272 g/mol. The van der Waals surface area contributed by atoms with E-state index >= 15 is 0 Å². The van der Waals surface area contributed by atoms with Crippen LogP contribution < -0.4 is 10.6 Å². The number of halogens is 2. The SMILES string of the molecule is CCOC(=O)CCNC(=O)Nc1ccc(F)cc1F. The van der Waals surface area contributed by atoms with Crippen molar-refractivity contribution in [1.82, 2.24) is 5.32 Å². The molecule has 5 nitrogen and oxygen atoms in total. The van der Waals surface area contributed by atoms with Crippen LogP contribution >= 0.6 is 0 Å². The smallest absolute Gasteiger partial charge is 0.319 e. The van der Waals surface area contributed by atoms with Crippen LogP contribution in [0.5, 0.6) is 0 Å². The maximum Gasteiger partial charge on any atom is 0.319 e. The molecule has 0 aromatic heterocycles. The topological polar surface area (TPSA) is 67.4 Å². The van der Waals surface area contributed by atoms with E-state index < -0.39 is 23.6 Å². The van der Waals surface area contributed by atoms with Gasteiger partial charge in [0.1, 0.15) is 11.6 Å². The first-order valence-electron chi connectivity index (χ1n) is 5.68. The van der Waals surface area contributed by atoms with Gasteiger partial charge in [-0.1, -0.05) is 0 Å². The Kier molecular flexibility index (Phi) is 5.72. The quantitative estimate of drug-likeness (QED) is 0.806. The number of urea groups is 1. The van der Waals surface area contributed by atoms with Gasteiger partial charge in [-0.3, -0.25) is 4.79 Å². The van der Waals surface area contributed by atoms with Crippen LogP contribution in [0.1, 0.15) is 13.3 Å². The van der Waals surface area contributed by atoms with E-state index in [1.165, 1.54) is 0 Å². The Hall–Kier alpha value is -2.18. The average Bonchev–Trinajstić information content (AvgIpc) is 2.33. The van der Waals surface area contributed by atoms with Crippen molar-refractivity contribution >= 4 is 17.7 Å². The van der Waals surface area contributed by atoms with Gasteiger partial charge in [0.05, 0.1) is 18.7 Å². The summed E-state index contributed by atoms with van der Waals surface area (Å²) in [6.07, 6.45) is 0.0210. The minimum Gasteiger partial charge on any atom is -0.466 e. The van der Waals surface area contributed by atoms with E-state index in [1.54, 1.807) is 6.92 Å². The molecule has 0 aliphatic heterocycles. The van der Waals surface area contributed by atoms with Crippen molar-refractivity contribution < 1.29 is 23.1 Å². The molecule has 19 heavy (non-hydrogen) atoms. The molecule has 0 radical (unpaired) electrons. The van der Waals surface area contributed by atoms with Crippen LogP contribution in [0.2, 0.25) is 0 Å². The molecule has 0 heterocycles. The van der Waals surface area contributed by atoms with Crippen LogP contribution in [0.25, 0.3) is 0 Å². The molecule has 0 bridgehead atoms. The highest BCUT2D eigenvalue weighted by atomic mass is 19.1. The lowest BCUT2D eigenvalue weighted by Crippen LogP contribution is -2.31. The minimum atomic E-state index is -0.874. The van der Waals surface area contributed by atoms with Crippen molar-refractivity contribution in [2.75, 3.05) is 18.5 Å². The molecule has 0 saturated carbocycles. The number of anilines is 1. The first kappa shape index (κ1) is 14.9. The number of carbonyl (C=O) groups is 2. The zero-order valence-electron chi connectivity index (χ0n) is 10.3. The highest BCUT2D eigenvalue weighted by molar-refractivity contribution is 5.89. The van der Waals surface area contributed by atoms with E-state index in [1.807, 2.05) is 0 Å². The van der Waals surface area contributed by atoms with Gasteiger partial charge in [0.15, 0.2) is 0 Å². The maximum absolute atomic E-state index is 13.2. The molecule has 1 aromatic carbocycles. The van der Waals surface area contributed by atoms with Crippen LogP contribution in [0.3, 0.4) is 0 Å². The summed E-state index contributed by atoms with van der Waals surface area (Å²) in [6, 6.07) is 2.11. The fraction of sp³-hybridized carbons (Fsp3) is 0.333. The number of benzene rings is 1. The van der Waals surface area contributed by atoms with E-state index in [0.29, 0.717) is 6.07 Å². The van der Waals surface area contributed by atoms with Crippen molar-refractivity contribution in [1.29, 1.82) is 0 Å². The molecular weight excluding hydrogens is 258 g/mol. The van der Waals surface area contributed by atoms with Gasteiger partial charge in [-0.2, -0.15) is 0 Å². The first-order valence-corrected chi connectivity index (χ1v) is 5.68. The molecule has 0 aliphatic carbocycles. The highest BCUT2D eigenvalue weighted by Crippen LogP contribution is 2.14. The number of ether oxygens (including phenoxy) is 1. The Balaban J connectivity index is 2.37. The van der Waals surface area contributed by atoms with Crippen molar-refractivity contribution in [3.8, 4) is 0 Å². The third-order valence-corrected chi connectivity index (χ3v) is 2.10. The van der Waals surface area contributed by atoms with E-state index in [2.05, 4.69) is 15.4 Å². The zero-order chi connectivity index (χ0) is 14.3. The predicted octanol–water partition coefficient (Wildman–Crippen LogP) is 2.04. The maximum atomic E-state index is 13.2. The molecule has 2 N–H and O–H groups in total. The monoisotopic (exact) mass is 272 g/mol. The molecule has 0 aliphatic rings. The van der Waals surface area contributed by atoms with Crippen LogP contribution in [0, 0.1) is 11.6 Å². The van der Waals surface area contributed by atoms with Crippen LogP contribution in [0.4, 0.5) is 19.3 Å². The van der Waals surface area contributed by atoms with E-state index in [0.717, 1.165) is 12.1 Å². The number of rotatable bonds is 5. The first-order chi connectivity index (χ1) is 9.02. The molecule has 104 valence electrons. The van der Waals surface area contributed by atoms with Crippen molar-refractivity contribution in [3.63, 3.8) is 0 Å².